The summed E-state index contributed by atoms with van der Waals surface area (Å²) >= 11 is 0. The number of aromatic nitrogens is 2. The quantitative estimate of drug-likeness (QED) is 0.791. The summed E-state index contributed by atoms with van der Waals surface area (Å²) in [6.45, 7) is 9.30. The van der Waals surface area contributed by atoms with Crippen molar-refractivity contribution in [2.45, 2.75) is 46.2 Å². The molecule has 0 aromatic carbocycles. The van der Waals surface area contributed by atoms with Crippen molar-refractivity contribution in [3.05, 3.63) is 32.6 Å². The number of hydrogen-bond acceptors (Lipinski definition) is 3. The Kier molecular flexibility index (Phi) is 4.28. The van der Waals surface area contributed by atoms with Crippen molar-refractivity contribution in [3.63, 3.8) is 0 Å². The second kappa shape index (κ2) is 5.31. The molecular formula is C12H21N3O2. The van der Waals surface area contributed by atoms with Gasteiger partial charge in [0.1, 0.15) is 0 Å². The van der Waals surface area contributed by atoms with E-state index in [1.807, 2.05) is 0 Å². The number of nitrogens with one attached hydrogen (secondary N) is 2. The summed E-state index contributed by atoms with van der Waals surface area (Å²) in [7, 11) is 0. The number of aromatic amines is 1. The minimum absolute atomic E-state index is 0.0703. The monoisotopic (exact) mass is 239 g/mol. The molecule has 0 aliphatic heterocycles. The van der Waals surface area contributed by atoms with Crippen LogP contribution in [-0.4, -0.2) is 21.6 Å². The number of aryl methyl sites for hydroxylation is 1. The van der Waals surface area contributed by atoms with Crippen LogP contribution in [0.4, 0.5) is 0 Å². The fourth-order valence-corrected chi connectivity index (χ4v) is 1.42. The number of nitrogens with zero attached hydrogens (tertiary/aromatic N) is 1. The van der Waals surface area contributed by atoms with Crippen molar-refractivity contribution in [3.8, 4) is 0 Å². The number of hydrogen-bond donors (Lipinski definition) is 2. The molecule has 5 heteroatoms. The van der Waals surface area contributed by atoms with E-state index < -0.39 is 0 Å². The molecule has 0 atom stereocenters. The molecule has 1 heterocycles. The Bertz CT molecular complexity index is 485. The molecule has 5 nitrogen and oxygen atoms in total. The fraction of sp³-hybridized carbons (Fsp3) is 0.667. The fourth-order valence-electron chi connectivity index (χ4n) is 1.42. The van der Waals surface area contributed by atoms with Crippen LogP contribution in [-0.2, 0) is 6.54 Å². The summed E-state index contributed by atoms with van der Waals surface area (Å²) in [5.41, 5.74) is -0.0370. The van der Waals surface area contributed by atoms with E-state index in [-0.39, 0.29) is 16.8 Å². The van der Waals surface area contributed by atoms with Crippen LogP contribution < -0.4 is 16.6 Å². The highest BCUT2D eigenvalue weighted by molar-refractivity contribution is 5.00. The van der Waals surface area contributed by atoms with Gasteiger partial charge >= 0.3 is 5.69 Å². The molecule has 96 valence electrons. The third-order valence-corrected chi connectivity index (χ3v) is 3.03. The van der Waals surface area contributed by atoms with Crippen molar-refractivity contribution in [1.82, 2.24) is 14.9 Å². The van der Waals surface area contributed by atoms with Gasteiger partial charge in [0.05, 0.1) is 0 Å². The standard InChI is InChI=1S/C12H21N3O2/c1-5-12(3,4)13-6-7-15-8-9(2)10(16)14-11(15)17/h8,13H,5-7H2,1-4H3,(H,14,16,17). The minimum atomic E-state index is -0.350. The Hall–Kier alpha value is -1.36. The molecule has 0 fully saturated rings. The zero-order valence-electron chi connectivity index (χ0n) is 11.0. The zero-order valence-corrected chi connectivity index (χ0v) is 11.0. The Balaban J connectivity index is 2.68. The summed E-state index contributed by atoms with van der Waals surface area (Å²) in [6.07, 6.45) is 2.62. The molecule has 0 radical (unpaired) electrons. The van der Waals surface area contributed by atoms with Crippen LogP contribution in [0.25, 0.3) is 0 Å². The van der Waals surface area contributed by atoms with Crippen LogP contribution in [0.15, 0.2) is 15.8 Å². The van der Waals surface area contributed by atoms with Gasteiger partial charge in [-0.15, -0.1) is 0 Å². The van der Waals surface area contributed by atoms with Crippen molar-refractivity contribution in [2.75, 3.05) is 6.54 Å². The molecule has 1 rings (SSSR count). The first-order chi connectivity index (χ1) is 7.85. The van der Waals surface area contributed by atoms with Crippen molar-refractivity contribution in [1.29, 1.82) is 0 Å². The van der Waals surface area contributed by atoms with Gasteiger partial charge in [-0.2, -0.15) is 0 Å². The van der Waals surface area contributed by atoms with Gasteiger partial charge < -0.3 is 5.32 Å². The predicted octanol–water partition coefficient (Wildman–Crippen LogP) is 0.623. The van der Waals surface area contributed by atoms with Gasteiger partial charge in [-0.05, 0) is 27.2 Å². The molecule has 0 bridgehead atoms. The Morgan fingerprint density at radius 1 is 1.41 bits per heavy atom. The predicted molar refractivity (Wildman–Crippen MR) is 68.4 cm³/mol. The van der Waals surface area contributed by atoms with E-state index in [1.54, 1.807) is 13.1 Å². The SMILES string of the molecule is CCC(C)(C)NCCn1cc(C)c(=O)[nH]c1=O. The molecule has 0 amide bonds. The summed E-state index contributed by atoms with van der Waals surface area (Å²) in [4.78, 5) is 25.0. The molecule has 1 aromatic heterocycles. The summed E-state index contributed by atoms with van der Waals surface area (Å²) < 4.78 is 1.52. The second-order valence-corrected chi connectivity index (χ2v) is 4.93. The zero-order chi connectivity index (χ0) is 13.1. The van der Waals surface area contributed by atoms with E-state index in [9.17, 15) is 9.59 Å². The smallest absolute Gasteiger partial charge is 0.310 e. The van der Waals surface area contributed by atoms with Crippen molar-refractivity contribution < 1.29 is 0 Å². The van der Waals surface area contributed by atoms with Crippen LogP contribution in [0.5, 0.6) is 0 Å². The van der Waals surface area contributed by atoms with E-state index in [0.717, 1.165) is 6.42 Å². The third kappa shape index (κ3) is 3.85. The highest BCUT2D eigenvalue weighted by Crippen LogP contribution is 2.05. The summed E-state index contributed by atoms with van der Waals surface area (Å²) in [5, 5.41) is 3.37. The maximum absolute atomic E-state index is 11.5. The van der Waals surface area contributed by atoms with Gasteiger partial charge in [-0.1, -0.05) is 6.92 Å². The van der Waals surface area contributed by atoms with Crippen molar-refractivity contribution >= 4 is 0 Å². The number of H-pyrrole nitrogens is 1. The molecule has 0 saturated heterocycles. The molecule has 17 heavy (non-hydrogen) atoms. The first-order valence-corrected chi connectivity index (χ1v) is 5.91. The highest BCUT2D eigenvalue weighted by atomic mass is 16.2. The summed E-state index contributed by atoms with van der Waals surface area (Å²) in [6, 6.07) is 0. The van der Waals surface area contributed by atoms with Gasteiger partial charge in [0.2, 0.25) is 0 Å². The number of rotatable bonds is 5. The van der Waals surface area contributed by atoms with Crippen LogP contribution in [0.1, 0.15) is 32.8 Å². The van der Waals surface area contributed by atoms with Gasteiger partial charge in [0.25, 0.3) is 5.56 Å². The summed E-state index contributed by atoms with van der Waals surface area (Å²) in [5.74, 6) is 0. The Morgan fingerprint density at radius 3 is 2.65 bits per heavy atom. The van der Waals surface area contributed by atoms with Gasteiger partial charge in [-0.3, -0.25) is 14.3 Å². The average molecular weight is 239 g/mol. The Morgan fingerprint density at radius 2 is 2.06 bits per heavy atom. The highest BCUT2D eigenvalue weighted by Gasteiger charge is 2.13. The van der Waals surface area contributed by atoms with E-state index in [4.69, 9.17) is 0 Å². The lowest BCUT2D eigenvalue weighted by Crippen LogP contribution is -2.42. The van der Waals surface area contributed by atoms with Crippen LogP contribution >= 0.6 is 0 Å². The van der Waals surface area contributed by atoms with Crippen molar-refractivity contribution in [2.24, 2.45) is 0 Å². The van der Waals surface area contributed by atoms with Gasteiger partial charge in [0, 0.05) is 30.4 Å². The van der Waals surface area contributed by atoms with E-state index >= 15 is 0 Å². The van der Waals surface area contributed by atoms with E-state index in [2.05, 4.69) is 31.1 Å². The molecule has 0 saturated carbocycles. The first kappa shape index (κ1) is 13.7. The molecule has 1 aromatic rings. The maximum atomic E-state index is 11.5. The maximum Gasteiger partial charge on any atom is 0.328 e. The van der Waals surface area contributed by atoms with Crippen LogP contribution in [0.3, 0.4) is 0 Å². The van der Waals surface area contributed by atoms with Gasteiger partial charge in [0.15, 0.2) is 0 Å². The van der Waals surface area contributed by atoms with Gasteiger partial charge in [-0.25, -0.2) is 4.79 Å². The average Bonchev–Trinajstić information content (AvgIpc) is 2.25. The third-order valence-electron chi connectivity index (χ3n) is 3.03. The molecule has 0 unspecified atom stereocenters. The minimum Gasteiger partial charge on any atom is -0.310 e. The Labute approximate surface area is 101 Å². The van der Waals surface area contributed by atoms with Crippen LogP contribution in [0, 0.1) is 6.92 Å². The molecule has 0 spiro atoms. The topological polar surface area (TPSA) is 66.9 Å². The normalized spacial score (nSPS) is 11.8. The molecule has 2 N–H and O–H groups in total. The van der Waals surface area contributed by atoms with E-state index in [0.29, 0.717) is 18.7 Å². The first-order valence-electron chi connectivity index (χ1n) is 5.91. The molecule has 0 aliphatic carbocycles. The van der Waals surface area contributed by atoms with Crippen LogP contribution in [0.2, 0.25) is 0 Å². The molecule has 0 aliphatic rings. The lowest BCUT2D eigenvalue weighted by Gasteiger charge is -2.24. The van der Waals surface area contributed by atoms with E-state index in [1.165, 1.54) is 4.57 Å². The largest absolute Gasteiger partial charge is 0.328 e. The molecular weight excluding hydrogens is 218 g/mol. The second-order valence-electron chi connectivity index (χ2n) is 4.93. The lowest BCUT2D eigenvalue weighted by atomic mass is 10.0. The lowest BCUT2D eigenvalue weighted by molar-refractivity contribution is 0.365.